The Balaban J connectivity index is 1.99. The molecule has 1 amide bonds. The highest BCUT2D eigenvalue weighted by Gasteiger charge is 2.24. The molecular formula is C27H27N3O3S. The van der Waals surface area contributed by atoms with Crippen molar-refractivity contribution in [2.45, 2.75) is 27.2 Å². The third kappa shape index (κ3) is 4.74. The van der Waals surface area contributed by atoms with E-state index in [0.29, 0.717) is 41.2 Å². The van der Waals surface area contributed by atoms with Gasteiger partial charge in [-0.25, -0.2) is 0 Å². The van der Waals surface area contributed by atoms with Crippen molar-refractivity contribution in [3.8, 4) is 11.8 Å². The Labute approximate surface area is 202 Å². The fraction of sp³-hybridized carbons (Fsp3) is 0.296. The maximum Gasteiger partial charge on any atom is 0.273 e. The molecule has 0 N–H and O–H groups in total. The van der Waals surface area contributed by atoms with E-state index in [1.165, 1.54) is 21.5 Å². The SMILES string of the molecule is CCc1ccc(/C=c2\s/c(=C(/C#N)C(=O)N3CCOCC3)n(-c3ccc(C)cc3C)c2=O)cc1. The molecule has 7 heteroatoms. The fourth-order valence-electron chi connectivity index (χ4n) is 4.04. The number of benzene rings is 2. The number of rotatable bonds is 4. The first-order valence-corrected chi connectivity index (χ1v) is 12.2. The number of nitriles is 1. The lowest BCUT2D eigenvalue weighted by Gasteiger charge is -2.26. The van der Waals surface area contributed by atoms with Gasteiger partial charge in [0.2, 0.25) is 0 Å². The molecule has 1 fully saturated rings. The van der Waals surface area contributed by atoms with E-state index in [0.717, 1.165) is 23.1 Å². The predicted octanol–water partition coefficient (Wildman–Crippen LogP) is 2.44. The molecule has 0 aliphatic carbocycles. The smallest absolute Gasteiger partial charge is 0.273 e. The Kier molecular flexibility index (Phi) is 7.11. The average molecular weight is 474 g/mol. The maximum atomic E-state index is 13.6. The van der Waals surface area contributed by atoms with E-state index >= 15 is 0 Å². The zero-order valence-corrected chi connectivity index (χ0v) is 20.4. The van der Waals surface area contributed by atoms with Crippen molar-refractivity contribution in [2.24, 2.45) is 0 Å². The molecule has 0 spiro atoms. The minimum atomic E-state index is -0.371. The van der Waals surface area contributed by atoms with Gasteiger partial charge in [-0.2, -0.15) is 5.26 Å². The summed E-state index contributed by atoms with van der Waals surface area (Å²) in [5.41, 5.74) is 4.49. The maximum absolute atomic E-state index is 13.6. The van der Waals surface area contributed by atoms with E-state index in [2.05, 4.69) is 13.0 Å². The van der Waals surface area contributed by atoms with Crippen LogP contribution in [0.5, 0.6) is 0 Å². The lowest BCUT2D eigenvalue weighted by molar-refractivity contribution is -0.128. The highest BCUT2D eigenvalue weighted by atomic mass is 32.1. The molecule has 1 saturated heterocycles. The third-order valence-electron chi connectivity index (χ3n) is 5.94. The number of ether oxygens (including phenoxy) is 1. The minimum absolute atomic E-state index is 0.0232. The first-order valence-electron chi connectivity index (χ1n) is 11.3. The molecule has 3 aromatic rings. The molecule has 6 nitrogen and oxygen atoms in total. The number of nitrogens with zero attached hydrogens (tertiary/aromatic N) is 3. The minimum Gasteiger partial charge on any atom is -0.378 e. The van der Waals surface area contributed by atoms with Gasteiger partial charge in [-0.1, -0.05) is 48.9 Å². The zero-order chi connectivity index (χ0) is 24.2. The number of morpholine rings is 1. The molecule has 1 aliphatic heterocycles. The van der Waals surface area contributed by atoms with Crippen LogP contribution in [-0.4, -0.2) is 41.7 Å². The molecule has 0 atom stereocenters. The van der Waals surface area contributed by atoms with Gasteiger partial charge in [-0.05, 0) is 49.1 Å². The predicted molar refractivity (Wildman–Crippen MR) is 134 cm³/mol. The number of thiazole rings is 1. The second-order valence-corrected chi connectivity index (χ2v) is 9.36. The summed E-state index contributed by atoms with van der Waals surface area (Å²) in [5, 5.41) is 10.0. The number of amides is 1. The van der Waals surface area contributed by atoms with Crippen LogP contribution in [0.3, 0.4) is 0 Å². The third-order valence-corrected chi connectivity index (χ3v) is 7.03. The van der Waals surface area contributed by atoms with Crippen molar-refractivity contribution >= 4 is 28.9 Å². The van der Waals surface area contributed by atoms with Gasteiger partial charge in [0.05, 0.1) is 23.4 Å². The van der Waals surface area contributed by atoms with Crippen molar-refractivity contribution in [3.63, 3.8) is 0 Å². The number of carbonyl (C=O) groups excluding carboxylic acids is 1. The van der Waals surface area contributed by atoms with Gasteiger partial charge in [0.1, 0.15) is 10.7 Å². The Bertz CT molecular complexity index is 1440. The Hall–Kier alpha value is -3.47. The van der Waals surface area contributed by atoms with Gasteiger partial charge in [-0.3, -0.25) is 14.2 Å². The van der Waals surface area contributed by atoms with Crippen molar-refractivity contribution < 1.29 is 9.53 Å². The van der Waals surface area contributed by atoms with Crippen LogP contribution in [-0.2, 0) is 16.0 Å². The van der Waals surface area contributed by atoms with Crippen LogP contribution in [0, 0.1) is 25.2 Å². The van der Waals surface area contributed by atoms with E-state index in [-0.39, 0.29) is 17.0 Å². The summed E-state index contributed by atoms with van der Waals surface area (Å²) in [6.07, 6.45) is 2.76. The van der Waals surface area contributed by atoms with Gasteiger partial charge in [0.15, 0.2) is 5.57 Å². The molecule has 0 bridgehead atoms. The van der Waals surface area contributed by atoms with Gasteiger partial charge < -0.3 is 9.64 Å². The van der Waals surface area contributed by atoms with Crippen molar-refractivity contribution in [2.75, 3.05) is 26.3 Å². The topological polar surface area (TPSA) is 75.3 Å². The molecule has 2 aromatic carbocycles. The van der Waals surface area contributed by atoms with Gasteiger partial charge >= 0.3 is 0 Å². The molecule has 4 rings (SSSR count). The number of carbonyl (C=O) groups is 1. The summed E-state index contributed by atoms with van der Waals surface area (Å²) in [7, 11) is 0. The summed E-state index contributed by atoms with van der Waals surface area (Å²) in [5.74, 6) is -0.371. The molecule has 0 unspecified atom stereocenters. The lowest BCUT2D eigenvalue weighted by atomic mass is 10.1. The number of hydrogen-bond acceptors (Lipinski definition) is 5. The van der Waals surface area contributed by atoms with Crippen molar-refractivity contribution in [3.05, 3.63) is 84.3 Å². The molecular weight excluding hydrogens is 446 g/mol. The van der Waals surface area contributed by atoms with Gasteiger partial charge in [0.25, 0.3) is 11.5 Å². The molecule has 1 aromatic heterocycles. The Morgan fingerprint density at radius 2 is 1.85 bits per heavy atom. The standard InChI is InChI=1S/C27H27N3O3S/c1-4-20-6-8-21(9-7-20)16-24-26(32)30(23-10-5-18(2)15-19(23)3)27(34-24)22(17-28)25(31)29-11-13-33-14-12-29/h5-10,15-16H,4,11-14H2,1-3H3/b24-16-,27-22-. The highest BCUT2D eigenvalue weighted by molar-refractivity contribution is 7.07. The van der Waals surface area contributed by atoms with Crippen LogP contribution in [0.2, 0.25) is 0 Å². The Morgan fingerprint density at radius 3 is 2.47 bits per heavy atom. The van der Waals surface area contributed by atoms with Crippen molar-refractivity contribution in [1.82, 2.24) is 9.47 Å². The van der Waals surface area contributed by atoms with Crippen LogP contribution < -0.4 is 14.8 Å². The molecule has 34 heavy (non-hydrogen) atoms. The molecule has 0 radical (unpaired) electrons. The largest absolute Gasteiger partial charge is 0.378 e. The molecule has 1 aliphatic rings. The quantitative estimate of drug-likeness (QED) is 0.583. The lowest BCUT2D eigenvalue weighted by Crippen LogP contribution is -2.42. The van der Waals surface area contributed by atoms with Crippen LogP contribution in [0.15, 0.2) is 47.3 Å². The van der Waals surface area contributed by atoms with E-state index in [1.54, 1.807) is 4.90 Å². The van der Waals surface area contributed by atoms with Gasteiger partial charge in [-0.15, -0.1) is 11.3 Å². The van der Waals surface area contributed by atoms with E-state index in [9.17, 15) is 14.9 Å². The summed E-state index contributed by atoms with van der Waals surface area (Å²) in [4.78, 5) is 28.6. The summed E-state index contributed by atoms with van der Waals surface area (Å²) in [6.45, 7) is 7.73. The number of hydrogen-bond donors (Lipinski definition) is 0. The second kappa shape index (κ2) is 10.2. The summed E-state index contributed by atoms with van der Waals surface area (Å²) in [6, 6.07) is 15.9. The Morgan fingerprint density at radius 1 is 1.15 bits per heavy atom. The normalized spacial score (nSPS) is 15.2. The highest BCUT2D eigenvalue weighted by Crippen LogP contribution is 2.14. The van der Waals surface area contributed by atoms with Crippen LogP contribution in [0.4, 0.5) is 0 Å². The second-order valence-electron chi connectivity index (χ2n) is 8.33. The van der Waals surface area contributed by atoms with Crippen LogP contribution in [0.25, 0.3) is 17.3 Å². The van der Waals surface area contributed by atoms with Gasteiger partial charge in [0, 0.05) is 13.1 Å². The van der Waals surface area contributed by atoms with Crippen LogP contribution in [0.1, 0.15) is 29.2 Å². The first-order chi connectivity index (χ1) is 16.4. The van der Waals surface area contributed by atoms with E-state index < -0.39 is 0 Å². The zero-order valence-electron chi connectivity index (χ0n) is 19.6. The molecule has 0 saturated carbocycles. The van der Waals surface area contributed by atoms with Crippen molar-refractivity contribution in [1.29, 1.82) is 5.26 Å². The summed E-state index contributed by atoms with van der Waals surface area (Å²) >= 11 is 1.18. The average Bonchev–Trinajstić information content (AvgIpc) is 3.16. The molecule has 2 heterocycles. The first kappa shape index (κ1) is 23.7. The van der Waals surface area contributed by atoms with E-state index in [1.807, 2.05) is 62.4 Å². The van der Waals surface area contributed by atoms with E-state index in [4.69, 9.17) is 4.74 Å². The molecule has 174 valence electrons. The monoisotopic (exact) mass is 473 g/mol. The number of aryl methyl sites for hydroxylation is 3. The fourth-order valence-corrected chi connectivity index (χ4v) is 5.13. The van der Waals surface area contributed by atoms with Crippen LogP contribution >= 0.6 is 11.3 Å². The summed E-state index contributed by atoms with van der Waals surface area (Å²) < 4.78 is 7.70. The number of aromatic nitrogens is 1.